The monoisotopic (exact) mass is 416 g/mol. The highest BCUT2D eigenvalue weighted by molar-refractivity contribution is 5.72. The van der Waals surface area contributed by atoms with E-state index in [1.807, 2.05) is 0 Å². The van der Waals surface area contributed by atoms with E-state index in [9.17, 15) is 0 Å². The summed E-state index contributed by atoms with van der Waals surface area (Å²) in [5, 5.41) is 0. The minimum Gasteiger partial charge on any atom is -0.294 e. The van der Waals surface area contributed by atoms with Crippen molar-refractivity contribution in [2.24, 2.45) is 0 Å². The fraction of sp³-hybridized carbons (Fsp3) is 0.200. The van der Waals surface area contributed by atoms with E-state index in [1.165, 1.54) is 44.5 Å². The number of rotatable bonds is 3. The predicted octanol–water partition coefficient (Wildman–Crippen LogP) is 6.35. The van der Waals surface area contributed by atoms with E-state index in [-0.39, 0.29) is 0 Å². The third-order valence-electron chi connectivity index (χ3n) is 6.96. The van der Waals surface area contributed by atoms with Gasteiger partial charge in [-0.15, -0.1) is 0 Å². The summed E-state index contributed by atoms with van der Waals surface area (Å²) in [6, 6.07) is 35.6. The molecule has 2 heteroatoms. The van der Waals surface area contributed by atoms with Crippen molar-refractivity contribution in [2.75, 3.05) is 13.1 Å². The Kier molecular flexibility index (Phi) is 5.10. The molecular formula is C30H28N2. The van der Waals surface area contributed by atoms with Crippen molar-refractivity contribution in [3.05, 3.63) is 119 Å². The molecular weight excluding hydrogens is 388 g/mol. The van der Waals surface area contributed by atoms with Crippen molar-refractivity contribution in [1.82, 2.24) is 9.80 Å². The highest BCUT2D eigenvalue weighted by Crippen LogP contribution is 2.34. The van der Waals surface area contributed by atoms with Crippen LogP contribution >= 0.6 is 0 Å². The Labute approximate surface area is 190 Å². The minimum absolute atomic E-state index is 1.01. The highest BCUT2D eigenvalue weighted by atomic mass is 15.2. The maximum Gasteiger partial charge on any atom is 0.0243 e. The molecule has 0 bridgehead atoms. The van der Waals surface area contributed by atoms with Gasteiger partial charge >= 0.3 is 0 Å². The van der Waals surface area contributed by atoms with E-state index in [0.29, 0.717) is 0 Å². The largest absolute Gasteiger partial charge is 0.294 e. The third-order valence-corrected chi connectivity index (χ3v) is 6.96. The number of hydrogen-bond acceptors (Lipinski definition) is 2. The Morgan fingerprint density at radius 1 is 0.375 bits per heavy atom. The van der Waals surface area contributed by atoms with Crippen LogP contribution in [0.4, 0.5) is 0 Å². The van der Waals surface area contributed by atoms with Gasteiger partial charge in [0.1, 0.15) is 0 Å². The number of nitrogens with zero attached hydrogens (tertiary/aromatic N) is 2. The number of benzene rings is 4. The summed E-state index contributed by atoms with van der Waals surface area (Å²) < 4.78 is 0. The van der Waals surface area contributed by atoms with Crippen LogP contribution in [-0.2, 0) is 26.2 Å². The van der Waals surface area contributed by atoms with Gasteiger partial charge in [0.2, 0.25) is 0 Å². The number of fused-ring (bicyclic) bond motifs is 6. The molecule has 2 aliphatic rings. The second-order valence-electron chi connectivity index (χ2n) is 9.05. The lowest BCUT2D eigenvalue weighted by Crippen LogP contribution is -2.33. The Bertz CT molecular complexity index is 1060. The van der Waals surface area contributed by atoms with Gasteiger partial charge in [0.15, 0.2) is 0 Å². The summed E-state index contributed by atoms with van der Waals surface area (Å²) in [6.45, 7) is 6.15. The summed E-state index contributed by atoms with van der Waals surface area (Å²) in [4.78, 5) is 5.24. The Balaban J connectivity index is 1.26. The van der Waals surface area contributed by atoms with Gasteiger partial charge in [-0.25, -0.2) is 0 Å². The molecule has 0 unspecified atom stereocenters. The van der Waals surface area contributed by atoms with E-state index < -0.39 is 0 Å². The van der Waals surface area contributed by atoms with E-state index in [2.05, 4.69) is 107 Å². The lowest BCUT2D eigenvalue weighted by Gasteiger charge is -2.27. The standard InChI is InChI=1S/C30H28N2/c1-5-13-27-23(9-1)19-31(20-24-10-2-6-14-28(24)27)17-18-32-21-25-11-3-7-15-29(25)30-16-8-4-12-26(30)22-32/h1-16H,17-22H2. The second kappa shape index (κ2) is 8.38. The first-order valence-electron chi connectivity index (χ1n) is 11.6. The molecule has 2 heterocycles. The van der Waals surface area contributed by atoms with E-state index in [1.54, 1.807) is 0 Å². The van der Waals surface area contributed by atoms with Gasteiger partial charge in [-0.2, -0.15) is 0 Å². The second-order valence-corrected chi connectivity index (χ2v) is 9.05. The Morgan fingerprint density at radius 2 is 0.625 bits per heavy atom. The summed E-state index contributed by atoms with van der Waals surface area (Å²) in [6.07, 6.45) is 0. The first-order valence-corrected chi connectivity index (χ1v) is 11.6. The highest BCUT2D eigenvalue weighted by Gasteiger charge is 2.22. The zero-order valence-corrected chi connectivity index (χ0v) is 18.4. The van der Waals surface area contributed by atoms with Crippen LogP contribution in [-0.4, -0.2) is 22.9 Å². The molecule has 0 amide bonds. The van der Waals surface area contributed by atoms with E-state index in [4.69, 9.17) is 0 Å². The van der Waals surface area contributed by atoms with Crippen LogP contribution in [0.5, 0.6) is 0 Å². The summed E-state index contributed by atoms with van der Waals surface area (Å²) in [5.74, 6) is 0. The molecule has 0 atom stereocenters. The molecule has 158 valence electrons. The lowest BCUT2D eigenvalue weighted by atomic mass is 9.97. The molecule has 4 aromatic carbocycles. The fourth-order valence-electron chi connectivity index (χ4n) is 5.36. The number of hydrogen-bond donors (Lipinski definition) is 0. The SMILES string of the molecule is c1ccc2c(c1)CN(CCN1Cc3ccccc3-c3ccccc3C1)Cc1ccccc1-2. The molecule has 2 aliphatic heterocycles. The average molecular weight is 417 g/mol. The van der Waals surface area contributed by atoms with Crippen LogP contribution in [0.3, 0.4) is 0 Å². The average Bonchev–Trinajstić information content (AvgIpc) is 3.10. The zero-order chi connectivity index (χ0) is 21.3. The molecule has 6 rings (SSSR count). The maximum atomic E-state index is 2.62. The van der Waals surface area contributed by atoms with Crippen molar-refractivity contribution < 1.29 is 0 Å². The van der Waals surface area contributed by atoms with Crippen LogP contribution in [0.15, 0.2) is 97.1 Å². The van der Waals surface area contributed by atoms with Crippen molar-refractivity contribution >= 4 is 0 Å². The molecule has 0 saturated heterocycles. The molecule has 0 aliphatic carbocycles. The van der Waals surface area contributed by atoms with Crippen LogP contribution < -0.4 is 0 Å². The van der Waals surface area contributed by atoms with E-state index >= 15 is 0 Å². The van der Waals surface area contributed by atoms with Crippen LogP contribution in [0.25, 0.3) is 22.3 Å². The van der Waals surface area contributed by atoms with Gasteiger partial charge in [-0.3, -0.25) is 9.80 Å². The zero-order valence-electron chi connectivity index (χ0n) is 18.4. The van der Waals surface area contributed by atoms with Gasteiger partial charge in [0, 0.05) is 39.3 Å². The molecule has 0 saturated carbocycles. The Hall–Kier alpha value is -3.20. The van der Waals surface area contributed by atoms with Crippen molar-refractivity contribution in [1.29, 1.82) is 0 Å². The molecule has 0 aromatic heterocycles. The quantitative estimate of drug-likeness (QED) is 0.384. The van der Waals surface area contributed by atoms with Crippen LogP contribution in [0.2, 0.25) is 0 Å². The van der Waals surface area contributed by atoms with Gasteiger partial charge < -0.3 is 0 Å². The van der Waals surface area contributed by atoms with E-state index in [0.717, 1.165) is 39.3 Å². The van der Waals surface area contributed by atoms with Crippen molar-refractivity contribution in [3.63, 3.8) is 0 Å². The van der Waals surface area contributed by atoms with Gasteiger partial charge in [0.25, 0.3) is 0 Å². The van der Waals surface area contributed by atoms with Gasteiger partial charge in [-0.05, 0) is 44.5 Å². The summed E-state index contributed by atoms with van der Waals surface area (Å²) in [5.41, 5.74) is 11.3. The smallest absolute Gasteiger partial charge is 0.0243 e. The van der Waals surface area contributed by atoms with Crippen molar-refractivity contribution in [2.45, 2.75) is 26.2 Å². The lowest BCUT2D eigenvalue weighted by molar-refractivity contribution is 0.185. The fourth-order valence-corrected chi connectivity index (χ4v) is 5.36. The first-order chi connectivity index (χ1) is 15.8. The summed E-state index contributed by atoms with van der Waals surface area (Å²) >= 11 is 0. The van der Waals surface area contributed by atoms with Gasteiger partial charge in [-0.1, -0.05) is 97.1 Å². The van der Waals surface area contributed by atoms with Crippen LogP contribution in [0.1, 0.15) is 22.3 Å². The molecule has 0 fully saturated rings. The third kappa shape index (κ3) is 3.66. The van der Waals surface area contributed by atoms with Gasteiger partial charge in [0.05, 0.1) is 0 Å². The summed E-state index contributed by atoms with van der Waals surface area (Å²) in [7, 11) is 0. The van der Waals surface area contributed by atoms with Crippen LogP contribution in [0, 0.1) is 0 Å². The topological polar surface area (TPSA) is 6.48 Å². The molecule has 0 radical (unpaired) electrons. The normalized spacial score (nSPS) is 15.6. The molecule has 4 aromatic rings. The predicted molar refractivity (Wildman–Crippen MR) is 132 cm³/mol. The maximum absolute atomic E-state index is 2.62. The first kappa shape index (κ1) is 19.5. The molecule has 32 heavy (non-hydrogen) atoms. The molecule has 0 spiro atoms. The minimum atomic E-state index is 1.01. The Morgan fingerprint density at radius 3 is 0.906 bits per heavy atom. The molecule has 0 N–H and O–H groups in total. The molecule has 2 nitrogen and oxygen atoms in total. The van der Waals surface area contributed by atoms with Crippen molar-refractivity contribution in [3.8, 4) is 22.3 Å².